The molecule has 2 amide bonds. The van der Waals surface area contributed by atoms with E-state index in [-0.39, 0.29) is 31.1 Å². The summed E-state index contributed by atoms with van der Waals surface area (Å²) in [6.07, 6.45) is 7.65. The highest BCUT2D eigenvalue weighted by molar-refractivity contribution is 5.98. The lowest BCUT2D eigenvalue weighted by atomic mass is 9.66. The molecule has 0 aromatic carbocycles. The molecule has 31 heavy (non-hydrogen) atoms. The van der Waals surface area contributed by atoms with Crippen molar-refractivity contribution < 1.29 is 29.0 Å². The minimum absolute atomic E-state index is 0.0373. The van der Waals surface area contributed by atoms with E-state index in [9.17, 15) is 19.5 Å². The van der Waals surface area contributed by atoms with Crippen LogP contribution in [0.15, 0.2) is 0 Å². The topological polar surface area (TPSA) is 105 Å². The number of rotatable bonds is 8. The average molecular weight is 437 g/mol. The molecule has 0 radical (unpaired) electrons. The predicted octanol–water partition coefficient (Wildman–Crippen LogP) is 1.54. The Bertz CT molecular complexity index is 723. The third-order valence-electron chi connectivity index (χ3n) is 7.82. The van der Waals surface area contributed by atoms with Crippen molar-refractivity contribution in [3.05, 3.63) is 0 Å². The summed E-state index contributed by atoms with van der Waals surface area (Å²) in [7, 11) is 0. The zero-order valence-electron chi connectivity index (χ0n) is 18.7. The van der Waals surface area contributed by atoms with Gasteiger partial charge in [0.1, 0.15) is 17.6 Å². The zero-order valence-corrected chi connectivity index (χ0v) is 18.7. The Morgan fingerprint density at radius 1 is 1.23 bits per heavy atom. The lowest BCUT2D eigenvalue weighted by Gasteiger charge is -2.35. The van der Waals surface area contributed by atoms with Crippen LogP contribution in [-0.2, 0) is 23.9 Å². The molecule has 1 saturated carbocycles. The molecule has 0 aromatic heterocycles. The van der Waals surface area contributed by atoms with Crippen molar-refractivity contribution in [2.75, 3.05) is 19.8 Å². The number of aliphatic hydroxyl groups is 1. The van der Waals surface area contributed by atoms with Crippen molar-refractivity contribution in [1.82, 2.24) is 10.2 Å². The molecule has 1 spiro atoms. The Morgan fingerprint density at radius 3 is 2.65 bits per heavy atom. The first-order chi connectivity index (χ1) is 14.9. The maximum absolute atomic E-state index is 13.6. The number of carbonyl (C=O) groups excluding carboxylic acids is 3. The summed E-state index contributed by atoms with van der Waals surface area (Å²) in [4.78, 5) is 41.7. The summed E-state index contributed by atoms with van der Waals surface area (Å²) in [5.74, 6) is -2.15. The highest BCUT2D eigenvalue weighted by Crippen LogP contribution is 2.63. The summed E-state index contributed by atoms with van der Waals surface area (Å²) in [6.45, 7) is 4.28. The molecular formula is C23H36N2O6. The Morgan fingerprint density at radius 2 is 1.97 bits per heavy atom. The van der Waals surface area contributed by atoms with Gasteiger partial charge >= 0.3 is 5.97 Å². The van der Waals surface area contributed by atoms with Crippen LogP contribution in [0.4, 0.5) is 0 Å². The molecule has 2 bridgehead atoms. The number of unbranched alkanes of at least 4 members (excludes halogenated alkanes) is 1. The van der Waals surface area contributed by atoms with Gasteiger partial charge in [-0.05, 0) is 52.4 Å². The lowest BCUT2D eigenvalue weighted by Crippen LogP contribution is -2.57. The van der Waals surface area contributed by atoms with Crippen molar-refractivity contribution >= 4 is 17.8 Å². The number of hydrogen-bond donors (Lipinski definition) is 2. The Balaban J connectivity index is 1.65. The van der Waals surface area contributed by atoms with E-state index in [1.165, 1.54) is 6.42 Å². The highest BCUT2D eigenvalue weighted by Gasteiger charge is 2.78. The standard InChI is InChI=1S/C23H36N2O6/c1-3-30-21(29)17-16-20(28)25(13-7-8-14-26)18(23(16)12-11-22(17,2)31-23)19(27)24-15-9-5-4-6-10-15/h15-18,26H,3-14H2,1-2H3,(H,24,27)/t16-,17-,18?,22+,23?/m0/s1. The Labute approximate surface area is 184 Å². The maximum atomic E-state index is 13.6. The van der Waals surface area contributed by atoms with Crippen molar-refractivity contribution in [1.29, 1.82) is 0 Å². The van der Waals surface area contributed by atoms with Crippen molar-refractivity contribution in [3.63, 3.8) is 0 Å². The molecule has 0 aromatic rings. The molecule has 4 rings (SSSR count). The number of ether oxygens (including phenoxy) is 2. The van der Waals surface area contributed by atoms with Crippen molar-refractivity contribution in [2.24, 2.45) is 11.8 Å². The van der Waals surface area contributed by atoms with Crippen molar-refractivity contribution in [3.8, 4) is 0 Å². The number of carbonyl (C=O) groups is 3. The quantitative estimate of drug-likeness (QED) is 0.442. The molecule has 2 N–H and O–H groups in total. The van der Waals surface area contributed by atoms with Crippen LogP contribution in [-0.4, -0.2) is 70.8 Å². The summed E-state index contributed by atoms with van der Waals surface area (Å²) in [5, 5.41) is 12.4. The van der Waals surface area contributed by atoms with Gasteiger partial charge in [0.05, 0.1) is 18.1 Å². The summed E-state index contributed by atoms with van der Waals surface area (Å²) < 4.78 is 11.8. The van der Waals surface area contributed by atoms with E-state index >= 15 is 0 Å². The Hall–Kier alpha value is -1.67. The second-order valence-corrected chi connectivity index (χ2v) is 9.79. The fourth-order valence-electron chi connectivity index (χ4n) is 6.48. The van der Waals surface area contributed by atoms with Crippen molar-refractivity contribution in [2.45, 2.75) is 94.9 Å². The number of nitrogens with zero attached hydrogens (tertiary/aromatic N) is 1. The van der Waals surface area contributed by atoms with E-state index in [0.29, 0.717) is 32.2 Å². The number of likely N-dealkylation sites (tertiary alicyclic amines) is 1. The van der Waals surface area contributed by atoms with E-state index in [1.54, 1.807) is 11.8 Å². The smallest absolute Gasteiger partial charge is 0.312 e. The molecule has 8 heteroatoms. The van der Waals surface area contributed by atoms with E-state index in [2.05, 4.69) is 5.32 Å². The van der Waals surface area contributed by atoms with Crippen LogP contribution in [0.2, 0.25) is 0 Å². The molecule has 5 atom stereocenters. The fourth-order valence-corrected chi connectivity index (χ4v) is 6.48. The first-order valence-corrected chi connectivity index (χ1v) is 12.0. The fraction of sp³-hybridized carbons (Fsp3) is 0.870. The zero-order chi connectivity index (χ0) is 22.2. The van der Waals surface area contributed by atoms with Gasteiger partial charge in [-0.15, -0.1) is 0 Å². The maximum Gasteiger partial charge on any atom is 0.312 e. The summed E-state index contributed by atoms with van der Waals surface area (Å²) in [5.41, 5.74) is -1.77. The lowest BCUT2D eigenvalue weighted by molar-refractivity contribution is -0.159. The largest absolute Gasteiger partial charge is 0.466 e. The number of amides is 2. The van der Waals surface area contributed by atoms with Crippen LogP contribution in [0, 0.1) is 11.8 Å². The first-order valence-electron chi connectivity index (χ1n) is 12.0. The third-order valence-corrected chi connectivity index (χ3v) is 7.82. The number of hydrogen-bond acceptors (Lipinski definition) is 6. The molecule has 3 saturated heterocycles. The van der Waals surface area contributed by atoms with Crippen LogP contribution in [0.1, 0.15) is 71.6 Å². The number of esters is 1. The molecular weight excluding hydrogens is 400 g/mol. The van der Waals surface area contributed by atoms with E-state index < -0.39 is 35.0 Å². The molecule has 1 aliphatic carbocycles. The van der Waals surface area contributed by atoms with Crippen LogP contribution in [0.3, 0.4) is 0 Å². The SMILES string of the molecule is CCOC(=O)[C@@H]1[C@H]2C(=O)N(CCCCO)C(C(=O)NC3CCCCC3)C23CC[C@@]1(C)O3. The molecule has 8 nitrogen and oxygen atoms in total. The molecule has 2 unspecified atom stereocenters. The minimum atomic E-state index is -0.985. The van der Waals surface area contributed by atoms with Crippen LogP contribution < -0.4 is 5.32 Å². The van der Waals surface area contributed by atoms with Crippen LogP contribution in [0.25, 0.3) is 0 Å². The predicted molar refractivity (Wildman–Crippen MR) is 112 cm³/mol. The van der Waals surface area contributed by atoms with Crippen LogP contribution >= 0.6 is 0 Å². The second kappa shape index (κ2) is 8.70. The van der Waals surface area contributed by atoms with Gasteiger partial charge in [-0.2, -0.15) is 0 Å². The van der Waals surface area contributed by atoms with E-state index in [1.807, 2.05) is 6.92 Å². The molecule has 3 heterocycles. The van der Waals surface area contributed by atoms with Gasteiger partial charge in [0.25, 0.3) is 0 Å². The molecule has 4 aliphatic rings. The van der Waals surface area contributed by atoms with Gasteiger partial charge in [-0.25, -0.2) is 0 Å². The number of fused-ring (bicyclic) bond motifs is 1. The normalized spacial score (nSPS) is 37.2. The summed E-state index contributed by atoms with van der Waals surface area (Å²) >= 11 is 0. The van der Waals surface area contributed by atoms with Crippen LogP contribution in [0.5, 0.6) is 0 Å². The monoisotopic (exact) mass is 436 g/mol. The number of aliphatic hydroxyl groups excluding tert-OH is 1. The van der Waals surface area contributed by atoms with Gasteiger partial charge in [0, 0.05) is 19.2 Å². The molecule has 3 aliphatic heterocycles. The average Bonchev–Trinajstić information content (AvgIpc) is 3.30. The highest BCUT2D eigenvalue weighted by atomic mass is 16.6. The third kappa shape index (κ3) is 3.65. The molecule has 174 valence electrons. The van der Waals surface area contributed by atoms with Gasteiger partial charge in [-0.3, -0.25) is 14.4 Å². The van der Waals surface area contributed by atoms with Gasteiger partial charge in [0.15, 0.2) is 0 Å². The Kier molecular flexibility index (Phi) is 6.32. The summed E-state index contributed by atoms with van der Waals surface area (Å²) in [6, 6.07) is -0.618. The van der Waals surface area contributed by atoms with Gasteiger partial charge in [0.2, 0.25) is 11.8 Å². The minimum Gasteiger partial charge on any atom is -0.466 e. The second-order valence-electron chi connectivity index (χ2n) is 9.79. The number of nitrogens with one attached hydrogen (secondary N) is 1. The van der Waals surface area contributed by atoms with Gasteiger partial charge < -0.3 is 24.8 Å². The van der Waals surface area contributed by atoms with E-state index in [4.69, 9.17) is 9.47 Å². The first kappa shape index (κ1) is 22.5. The molecule has 4 fully saturated rings. The van der Waals surface area contributed by atoms with E-state index in [0.717, 1.165) is 25.7 Å². The van der Waals surface area contributed by atoms with Gasteiger partial charge in [-0.1, -0.05) is 19.3 Å².